The number of sulfonamides is 1. The van der Waals surface area contributed by atoms with E-state index in [-0.39, 0.29) is 24.6 Å². The van der Waals surface area contributed by atoms with E-state index in [1.807, 2.05) is 19.1 Å². The van der Waals surface area contributed by atoms with Crippen molar-refractivity contribution in [1.29, 1.82) is 0 Å². The molecule has 2 amide bonds. The van der Waals surface area contributed by atoms with Gasteiger partial charge in [0.15, 0.2) is 6.61 Å². The molecule has 0 aliphatic rings. The Bertz CT molecular complexity index is 1050. The molecule has 0 radical (unpaired) electrons. The summed E-state index contributed by atoms with van der Waals surface area (Å²) in [5, 5.41) is 5.10. The first kappa shape index (κ1) is 26.1. The molecule has 10 heteroatoms. The van der Waals surface area contributed by atoms with E-state index in [1.165, 1.54) is 23.8 Å². The van der Waals surface area contributed by atoms with Crippen molar-refractivity contribution in [2.24, 2.45) is 0 Å². The van der Waals surface area contributed by atoms with E-state index in [0.29, 0.717) is 11.4 Å². The molecule has 180 valence electrons. The number of carbonyl (C=O) groups is 2. The van der Waals surface area contributed by atoms with Gasteiger partial charge in [0.25, 0.3) is 5.91 Å². The highest BCUT2D eigenvalue weighted by Gasteiger charge is 2.17. The lowest BCUT2D eigenvalue weighted by molar-refractivity contribution is -0.118. The Kier molecular flexibility index (Phi) is 9.24. The molecule has 0 bridgehead atoms. The number of benzene rings is 2. The Morgan fingerprint density at radius 1 is 1.00 bits per heavy atom. The number of ether oxygens (including phenoxy) is 2. The zero-order chi connectivity index (χ0) is 24.5. The van der Waals surface area contributed by atoms with Gasteiger partial charge in [-0.05, 0) is 63.1 Å². The normalized spacial score (nSPS) is 11.5. The van der Waals surface area contributed by atoms with Gasteiger partial charge in [0, 0.05) is 18.8 Å². The number of alkyl carbamates (subject to hydrolysis) is 1. The molecule has 0 atom stereocenters. The van der Waals surface area contributed by atoms with Crippen molar-refractivity contribution >= 4 is 27.7 Å². The highest BCUT2D eigenvalue weighted by molar-refractivity contribution is 7.89. The van der Waals surface area contributed by atoms with Gasteiger partial charge in [-0.3, -0.25) is 4.79 Å². The summed E-state index contributed by atoms with van der Waals surface area (Å²) >= 11 is 0. The van der Waals surface area contributed by atoms with Crippen LogP contribution in [0.25, 0.3) is 0 Å². The third kappa shape index (κ3) is 9.50. The lowest BCUT2D eigenvalue weighted by Crippen LogP contribution is -2.37. The number of amides is 2. The summed E-state index contributed by atoms with van der Waals surface area (Å²) < 4.78 is 38.0. The van der Waals surface area contributed by atoms with Crippen molar-refractivity contribution in [1.82, 2.24) is 10.0 Å². The monoisotopic (exact) mass is 477 g/mol. The molecule has 33 heavy (non-hydrogen) atoms. The van der Waals surface area contributed by atoms with Crippen LogP contribution in [0.4, 0.5) is 10.5 Å². The topological polar surface area (TPSA) is 123 Å². The Balaban J connectivity index is 1.85. The Morgan fingerprint density at radius 2 is 1.70 bits per heavy atom. The number of hydrogen-bond donors (Lipinski definition) is 3. The molecule has 0 fully saturated rings. The maximum atomic E-state index is 12.5. The largest absolute Gasteiger partial charge is 0.484 e. The van der Waals surface area contributed by atoms with Gasteiger partial charge in [0.1, 0.15) is 11.4 Å². The minimum Gasteiger partial charge on any atom is -0.484 e. The molecule has 0 saturated heterocycles. The van der Waals surface area contributed by atoms with Gasteiger partial charge in [0.05, 0.1) is 4.90 Å². The summed E-state index contributed by atoms with van der Waals surface area (Å²) in [6, 6.07) is 13.3. The van der Waals surface area contributed by atoms with Crippen LogP contribution in [-0.2, 0) is 26.0 Å². The molecule has 3 N–H and O–H groups in total. The second-order valence-electron chi connectivity index (χ2n) is 8.19. The van der Waals surface area contributed by atoms with Crippen LogP contribution in [0.15, 0.2) is 53.4 Å². The molecule has 0 unspecified atom stereocenters. The van der Waals surface area contributed by atoms with Crippen LogP contribution in [0.2, 0.25) is 0 Å². The molecule has 0 heterocycles. The van der Waals surface area contributed by atoms with E-state index in [0.717, 1.165) is 6.42 Å². The summed E-state index contributed by atoms with van der Waals surface area (Å²) in [5.41, 5.74) is 0.845. The van der Waals surface area contributed by atoms with Crippen molar-refractivity contribution in [3.8, 4) is 5.75 Å². The van der Waals surface area contributed by atoms with E-state index in [4.69, 9.17) is 9.47 Å². The van der Waals surface area contributed by atoms with Gasteiger partial charge >= 0.3 is 6.09 Å². The highest BCUT2D eigenvalue weighted by atomic mass is 32.2. The molecular weight excluding hydrogens is 446 g/mol. The van der Waals surface area contributed by atoms with Gasteiger partial charge in [0.2, 0.25) is 10.0 Å². The quantitative estimate of drug-likeness (QED) is 0.452. The summed E-state index contributed by atoms with van der Waals surface area (Å²) in [4.78, 5) is 23.8. The van der Waals surface area contributed by atoms with Crippen LogP contribution in [0, 0.1) is 0 Å². The summed E-state index contributed by atoms with van der Waals surface area (Å²) in [7, 11) is -3.84. The first-order valence-electron chi connectivity index (χ1n) is 10.6. The van der Waals surface area contributed by atoms with Gasteiger partial charge in [-0.1, -0.05) is 25.1 Å². The molecule has 9 nitrogen and oxygen atoms in total. The van der Waals surface area contributed by atoms with Crippen molar-refractivity contribution in [3.63, 3.8) is 0 Å². The van der Waals surface area contributed by atoms with Crippen molar-refractivity contribution in [2.75, 3.05) is 25.0 Å². The minimum absolute atomic E-state index is 0.0198. The first-order chi connectivity index (χ1) is 15.5. The van der Waals surface area contributed by atoms with Gasteiger partial charge in [-0.25, -0.2) is 17.9 Å². The van der Waals surface area contributed by atoms with Gasteiger partial charge in [-0.2, -0.15) is 0 Å². The second-order valence-corrected chi connectivity index (χ2v) is 9.96. The zero-order valence-corrected chi connectivity index (χ0v) is 20.1. The number of nitrogens with one attached hydrogen (secondary N) is 3. The molecule has 2 aromatic rings. The third-order valence-corrected chi connectivity index (χ3v) is 5.67. The molecule has 0 aromatic heterocycles. The molecule has 0 saturated carbocycles. The van der Waals surface area contributed by atoms with Gasteiger partial charge in [-0.15, -0.1) is 0 Å². The van der Waals surface area contributed by atoms with Crippen molar-refractivity contribution < 1.29 is 27.5 Å². The number of rotatable bonds is 10. The predicted octanol–water partition coefficient (Wildman–Crippen LogP) is 3.07. The number of aryl methyl sites for hydroxylation is 1. The van der Waals surface area contributed by atoms with Crippen molar-refractivity contribution in [3.05, 3.63) is 54.1 Å². The maximum absolute atomic E-state index is 12.5. The lowest BCUT2D eigenvalue weighted by Gasteiger charge is -2.19. The van der Waals surface area contributed by atoms with Crippen LogP contribution in [-0.4, -0.2) is 45.7 Å². The van der Waals surface area contributed by atoms with Gasteiger partial charge < -0.3 is 20.1 Å². The molecular formula is C23H31N3O6S. The number of carbonyl (C=O) groups excluding carboxylic acids is 2. The summed E-state index contributed by atoms with van der Waals surface area (Å²) in [5.74, 6) is 0.154. The van der Waals surface area contributed by atoms with Crippen LogP contribution in [0.5, 0.6) is 5.75 Å². The average Bonchev–Trinajstić information content (AvgIpc) is 2.75. The predicted molar refractivity (Wildman–Crippen MR) is 126 cm³/mol. The highest BCUT2D eigenvalue weighted by Crippen LogP contribution is 2.16. The van der Waals surface area contributed by atoms with E-state index in [1.54, 1.807) is 39.0 Å². The smallest absolute Gasteiger partial charge is 0.407 e. The summed E-state index contributed by atoms with van der Waals surface area (Å²) in [6.45, 7) is 7.07. The maximum Gasteiger partial charge on any atom is 0.407 e. The Morgan fingerprint density at radius 3 is 2.33 bits per heavy atom. The van der Waals surface area contributed by atoms with Crippen LogP contribution in [0.3, 0.4) is 0 Å². The van der Waals surface area contributed by atoms with E-state index in [2.05, 4.69) is 15.4 Å². The van der Waals surface area contributed by atoms with E-state index < -0.39 is 27.6 Å². The Labute approximate surface area is 194 Å². The fourth-order valence-electron chi connectivity index (χ4n) is 2.66. The average molecular weight is 478 g/mol. The number of anilines is 1. The molecule has 2 rings (SSSR count). The molecule has 2 aromatic carbocycles. The zero-order valence-electron chi connectivity index (χ0n) is 19.3. The van der Waals surface area contributed by atoms with Crippen LogP contribution in [0.1, 0.15) is 33.3 Å². The molecule has 0 aliphatic carbocycles. The number of hydrogen-bond acceptors (Lipinski definition) is 6. The fraction of sp³-hybridized carbons (Fsp3) is 0.391. The minimum atomic E-state index is -3.84. The molecule has 0 spiro atoms. The second kappa shape index (κ2) is 11.7. The standard InChI is InChI=1S/C23H31N3O6S/c1-5-17-9-11-19(12-10-17)31-16-21(27)26-18-7-6-8-20(15-18)33(29,30)25-14-13-24-22(28)32-23(2,3)4/h6-12,15,25H,5,13-14,16H2,1-4H3,(H,24,28)(H,26,27). The molecule has 0 aliphatic heterocycles. The SMILES string of the molecule is CCc1ccc(OCC(=O)Nc2cccc(S(=O)(=O)NCCNC(=O)OC(C)(C)C)c2)cc1. The fourth-order valence-corrected chi connectivity index (χ4v) is 3.73. The lowest BCUT2D eigenvalue weighted by atomic mass is 10.2. The van der Waals surface area contributed by atoms with Crippen molar-refractivity contribution in [2.45, 2.75) is 44.6 Å². The van der Waals surface area contributed by atoms with E-state index in [9.17, 15) is 18.0 Å². The first-order valence-corrected chi connectivity index (χ1v) is 12.0. The third-order valence-electron chi connectivity index (χ3n) is 4.21. The summed E-state index contributed by atoms with van der Waals surface area (Å²) in [6.07, 6.45) is 0.282. The van der Waals surface area contributed by atoms with E-state index >= 15 is 0 Å². The Hall–Kier alpha value is -3.11. The van der Waals surface area contributed by atoms with Crippen LogP contribution < -0.4 is 20.1 Å². The van der Waals surface area contributed by atoms with Crippen LogP contribution >= 0.6 is 0 Å².